The number of rotatable bonds is 1. The average molecular weight is 404 g/mol. The highest BCUT2D eigenvalue weighted by atomic mass is 79.9. The van der Waals surface area contributed by atoms with Crippen LogP contribution in [-0.2, 0) is 4.79 Å². The molecule has 5 nitrogen and oxygen atoms in total. The quantitative estimate of drug-likeness (QED) is 0.759. The summed E-state index contributed by atoms with van der Waals surface area (Å²) in [5.74, 6) is 0.533. The SMILES string of the molecule is Cc1[nH]nc2c1[C@H](c1ccc(Br)cc1)C[C@]1(O)CC(C)(C)CC(=O)N21. The highest BCUT2D eigenvalue weighted by Gasteiger charge is 2.54. The Morgan fingerprint density at radius 1 is 1.32 bits per heavy atom. The van der Waals surface area contributed by atoms with Gasteiger partial charge in [0.25, 0.3) is 0 Å². The molecule has 1 saturated heterocycles. The summed E-state index contributed by atoms with van der Waals surface area (Å²) in [6.45, 7) is 6.06. The van der Waals surface area contributed by atoms with E-state index in [0.29, 0.717) is 25.1 Å². The second kappa shape index (κ2) is 5.42. The lowest BCUT2D eigenvalue weighted by atomic mass is 9.70. The normalized spacial score (nSPS) is 27.8. The third-order valence-electron chi connectivity index (χ3n) is 5.40. The van der Waals surface area contributed by atoms with Crippen molar-refractivity contribution in [3.05, 3.63) is 45.6 Å². The molecule has 0 radical (unpaired) electrons. The lowest BCUT2D eigenvalue weighted by Gasteiger charge is -2.52. The second-order valence-electron chi connectivity index (χ2n) is 8.12. The number of amides is 1. The summed E-state index contributed by atoms with van der Waals surface area (Å²) < 4.78 is 1.02. The van der Waals surface area contributed by atoms with E-state index in [9.17, 15) is 9.90 Å². The fourth-order valence-electron chi connectivity index (χ4n) is 4.53. The van der Waals surface area contributed by atoms with Gasteiger partial charge in [0, 0.05) is 40.9 Å². The predicted molar refractivity (Wildman–Crippen MR) is 99.4 cm³/mol. The summed E-state index contributed by atoms with van der Waals surface area (Å²) in [7, 11) is 0. The predicted octanol–water partition coefficient (Wildman–Crippen LogP) is 3.86. The number of fused-ring (bicyclic) bond motifs is 3. The van der Waals surface area contributed by atoms with Crippen LogP contribution in [-0.4, -0.2) is 26.9 Å². The van der Waals surface area contributed by atoms with Crippen molar-refractivity contribution in [2.45, 2.75) is 51.7 Å². The number of nitrogens with zero attached hydrogens (tertiary/aromatic N) is 2. The van der Waals surface area contributed by atoms with Crippen LogP contribution in [0.1, 0.15) is 55.8 Å². The fraction of sp³-hybridized carbons (Fsp3) is 0.474. The van der Waals surface area contributed by atoms with Crippen LogP contribution in [0.25, 0.3) is 0 Å². The van der Waals surface area contributed by atoms with Gasteiger partial charge in [0.1, 0.15) is 5.72 Å². The van der Waals surface area contributed by atoms with Crippen LogP contribution < -0.4 is 4.90 Å². The summed E-state index contributed by atoms with van der Waals surface area (Å²) in [5, 5.41) is 18.9. The number of piperidine rings is 1. The number of hydrogen-bond donors (Lipinski definition) is 2. The molecule has 2 aliphatic rings. The van der Waals surface area contributed by atoms with E-state index < -0.39 is 5.72 Å². The van der Waals surface area contributed by atoms with Crippen molar-refractivity contribution in [2.24, 2.45) is 5.41 Å². The Labute approximate surface area is 155 Å². The molecule has 0 saturated carbocycles. The van der Waals surface area contributed by atoms with Crippen molar-refractivity contribution in [1.29, 1.82) is 0 Å². The topological polar surface area (TPSA) is 69.2 Å². The number of carbonyl (C=O) groups excluding carboxylic acids is 1. The molecule has 1 aromatic heterocycles. The van der Waals surface area contributed by atoms with E-state index in [-0.39, 0.29) is 17.2 Å². The molecule has 0 spiro atoms. The first-order valence-electron chi connectivity index (χ1n) is 8.56. The monoisotopic (exact) mass is 403 g/mol. The molecule has 1 amide bonds. The number of aliphatic hydroxyl groups is 1. The standard InChI is InChI=1S/C19H22BrN3O2/c1-11-16-14(12-4-6-13(20)7-5-12)8-19(25)10-18(2,3)9-15(24)23(19)17(16)22-21-11/h4-7,14,25H,8-10H2,1-3H3,(H,21,22)/t14-,19-/m0/s1. The van der Waals surface area contributed by atoms with Crippen molar-refractivity contribution < 1.29 is 9.90 Å². The molecule has 0 bridgehead atoms. The van der Waals surface area contributed by atoms with E-state index in [2.05, 4.69) is 38.3 Å². The van der Waals surface area contributed by atoms with E-state index in [1.807, 2.05) is 32.9 Å². The van der Waals surface area contributed by atoms with Gasteiger partial charge >= 0.3 is 0 Å². The van der Waals surface area contributed by atoms with Gasteiger partial charge in [0.2, 0.25) is 5.91 Å². The van der Waals surface area contributed by atoms with Crippen molar-refractivity contribution in [3.8, 4) is 0 Å². The van der Waals surface area contributed by atoms with Crippen molar-refractivity contribution in [1.82, 2.24) is 10.2 Å². The first kappa shape index (κ1) is 16.8. The number of aromatic nitrogens is 2. The maximum Gasteiger partial charge on any atom is 0.231 e. The van der Waals surface area contributed by atoms with Crippen LogP contribution in [0.5, 0.6) is 0 Å². The molecule has 25 heavy (non-hydrogen) atoms. The van der Waals surface area contributed by atoms with Gasteiger partial charge in [0.15, 0.2) is 5.82 Å². The number of benzene rings is 1. The van der Waals surface area contributed by atoms with Crippen LogP contribution in [0, 0.1) is 12.3 Å². The molecule has 132 valence electrons. The zero-order valence-electron chi connectivity index (χ0n) is 14.6. The number of anilines is 1. The van der Waals surface area contributed by atoms with Crippen LogP contribution in [0.4, 0.5) is 5.82 Å². The minimum absolute atomic E-state index is 0.00444. The van der Waals surface area contributed by atoms with Gasteiger partial charge in [-0.25, -0.2) is 0 Å². The van der Waals surface area contributed by atoms with Crippen molar-refractivity contribution in [3.63, 3.8) is 0 Å². The highest BCUT2D eigenvalue weighted by Crippen LogP contribution is 2.52. The Bertz CT molecular complexity index is 843. The van der Waals surface area contributed by atoms with Gasteiger partial charge in [-0.2, -0.15) is 5.10 Å². The molecule has 0 unspecified atom stereocenters. The second-order valence-corrected chi connectivity index (χ2v) is 9.04. The van der Waals surface area contributed by atoms with E-state index in [0.717, 1.165) is 21.3 Å². The molecule has 4 rings (SSSR count). The van der Waals surface area contributed by atoms with Crippen molar-refractivity contribution in [2.75, 3.05) is 4.90 Å². The number of aromatic amines is 1. The van der Waals surface area contributed by atoms with E-state index in [1.54, 1.807) is 0 Å². The maximum absolute atomic E-state index is 12.8. The van der Waals surface area contributed by atoms with E-state index in [4.69, 9.17) is 0 Å². The molecular formula is C19H22BrN3O2. The number of hydrogen-bond acceptors (Lipinski definition) is 3. The highest BCUT2D eigenvalue weighted by molar-refractivity contribution is 9.10. The first-order valence-corrected chi connectivity index (χ1v) is 9.35. The Morgan fingerprint density at radius 2 is 2.00 bits per heavy atom. The molecule has 1 fully saturated rings. The van der Waals surface area contributed by atoms with Crippen LogP contribution in [0.3, 0.4) is 0 Å². The summed E-state index contributed by atoms with van der Waals surface area (Å²) in [4.78, 5) is 14.3. The molecule has 1 aromatic carbocycles. The van der Waals surface area contributed by atoms with Gasteiger partial charge in [-0.15, -0.1) is 0 Å². The number of carbonyl (C=O) groups is 1. The largest absolute Gasteiger partial charge is 0.370 e. The summed E-state index contributed by atoms with van der Waals surface area (Å²) in [5.41, 5.74) is 1.65. The van der Waals surface area contributed by atoms with Crippen molar-refractivity contribution >= 4 is 27.7 Å². The molecular weight excluding hydrogens is 382 g/mol. The first-order chi connectivity index (χ1) is 11.7. The van der Waals surface area contributed by atoms with Crippen LogP contribution >= 0.6 is 15.9 Å². The van der Waals surface area contributed by atoms with Gasteiger partial charge in [0.05, 0.1) is 0 Å². The molecule has 6 heteroatoms. The molecule has 2 atom stereocenters. The maximum atomic E-state index is 12.8. The summed E-state index contributed by atoms with van der Waals surface area (Å²) in [6, 6.07) is 8.16. The number of halogens is 1. The average Bonchev–Trinajstić information content (AvgIpc) is 2.86. The fourth-order valence-corrected chi connectivity index (χ4v) is 4.79. The van der Waals surface area contributed by atoms with Gasteiger partial charge < -0.3 is 5.11 Å². The van der Waals surface area contributed by atoms with Gasteiger partial charge in [-0.1, -0.05) is 41.9 Å². The smallest absolute Gasteiger partial charge is 0.231 e. The van der Waals surface area contributed by atoms with E-state index in [1.165, 1.54) is 4.90 Å². The number of nitrogens with one attached hydrogen (secondary N) is 1. The Kier molecular flexibility index (Phi) is 3.64. The third-order valence-corrected chi connectivity index (χ3v) is 5.92. The minimum Gasteiger partial charge on any atom is -0.370 e. The van der Waals surface area contributed by atoms with Gasteiger partial charge in [-0.05, 0) is 30.0 Å². The van der Waals surface area contributed by atoms with Crippen LogP contribution in [0.2, 0.25) is 0 Å². The molecule has 2 aromatic rings. The van der Waals surface area contributed by atoms with E-state index >= 15 is 0 Å². The Hall–Kier alpha value is -1.66. The molecule has 3 heterocycles. The lowest BCUT2D eigenvalue weighted by Crippen LogP contribution is -2.61. The number of H-pyrrole nitrogens is 1. The van der Waals surface area contributed by atoms with Crippen LogP contribution in [0.15, 0.2) is 28.7 Å². The zero-order valence-corrected chi connectivity index (χ0v) is 16.2. The third kappa shape index (κ3) is 2.62. The molecule has 2 N–H and O–H groups in total. The Morgan fingerprint density at radius 3 is 2.68 bits per heavy atom. The Balaban J connectivity index is 1.87. The molecule has 0 aliphatic carbocycles. The molecule has 2 aliphatic heterocycles. The minimum atomic E-state index is -1.20. The summed E-state index contributed by atoms with van der Waals surface area (Å²) in [6.07, 6.45) is 1.45. The lowest BCUT2D eigenvalue weighted by molar-refractivity contribution is -0.135. The summed E-state index contributed by atoms with van der Waals surface area (Å²) >= 11 is 3.48. The number of aryl methyl sites for hydroxylation is 1. The zero-order chi connectivity index (χ0) is 18.0. The van der Waals surface area contributed by atoms with Gasteiger partial charge in [-0.3, -0.25) is 14.8 Å².